The van der Waals surface area contributed by atoms with Crippen molar-refractivity contribution in [3.63, 3.8) is 0 Å². The minimum absolute atomic E-state index is 0.0106. The van der Waals surface area contributed by atoms with E-state index in [9.17, 15) is 9.59 Å². The van der Waals surface area contributed by atoms with Crippen molar-refractivity contribution in [1.82, 2.24) is 15.1 Å². The molecule has 0 unspecified atom stereocenters. The van der Waals surface area contributed by atoms with Gasteiger partial charge in [-0.15, -0.1) is 0 Å². The summed E-state index contributed by atoms with van der Waals surface area (Å²) in [6, 6.07) is 24.7. The Bertz CT molecular complexity index is 1230. The number of imide groups is 1. The van der Waals surface area contributed by atoms with E-state index < -0.39 is 5.54 Å². The van der Waals surface area contributed by atoms with Crippen LogP contribution in [0.2, 0.25) is 0 Å². The Morgan fingerprint density at radius 3 is 2.36 bits per heavy atom. The second kappa shape index (κ2) is 10.0. The molecule has 0 saturated carbocycles. The fourth-order valence-electron chi connectivity index (χ4n) is 5.43. The number of hydrogen-bond acceptors (Lipinski definition) is 5. The number of nitrogens with zero attached hydrogens (tertiary/aromatic N) is 2. The third-order valence-corrected chi connectivity index (χ3v) is 7.24. The zero-order valence-corrected chi connectivity index (χ0v) is 20.6. The molecule has 36 heavy (non-hydrogen) atoms. The molecule has 2 fully saturated rings. The summed E-state index contributed by atoms with van der Waals surface area (Å²) < 4.78 is 11.1. The number of urea groups is 1. The van der Waals surface area contributed by atoms with Gasteiger partial charge in [0.1, 0.15) is 11.5 Å². The summed E-state index contributed by atoms with van der Waals surface area (Å²) in [6.07, 6.45) is 2.25. The fourth-order valence-corrected chi connectivity index (χ4v) is 5.43. The Morgan fingerprint density at radius 2 is 1.67 bits per heavy atom. The Kier molecular flexibility index (Phi) is 6.65. The molecule has 186 valence electrons. The van der Waals surface area contributed by atoms with Crippen molar-refractivity contribution >= 4 is 11.9 Å². The first-order chi connectivity index (χ1) is 17.6. The highest BCUT2D eigenvalue weighted by molar-refractivity contribution is 6.07. The van der Waals surface area contributed by atoms with Gasteiger partial charge in [0.15, 0.2) is 5.54 Å². The van der Waals surface area contributed by atoms with Gasteiger partial charge in [-0.05, 0) is 42.2 Å². The van der Waals surface area contributed by atoms with Crippen molar-refractivity contribution in [1.29, 1.82) is 0 Å². The highest BCUT2D eigenvalue weighted by atomic mass is 16.5. The lowest BCUT2D eigenvalue weighted by Crippen LogP contribution is -2.47. The summed E-state index contributed by atoms with van der Waals surface area (Å²) in [6.45, 7) is 0.984. The molecular weight excluding hydrogens is 454 g/mol. The number of rotatable bonds is 8. The van der Waals surface area contributed by atoms with E-state index in [0.717, 1.165) is 47.6 Å². The molecular formula is C29H31N3O4. The van der Waals surface area contributed by atoms with E-state index in [-0.39, 0.29) is 24.6 Å². The topological polar surface area (TPSA) is 71.1 Å². The maximum absolute atomic E-state index is 14.1. The lowest BCUT2D eigenvalue weighted by molar-refractivity contribution is -0.133. The molecule has 2 heterocycles. The van der Waals surface area contributed by atoms with Crippen LogP contribution >= 0.6 is 0 Å². The van der Waals surface area contributed by atoms with Gasteiger partial charge in [-0.1, -0.05) is 60.7 Å². The SMILES string of the molecule is COc1ccc(OC)c([C@@H]2CCCN2CN2C(=O)N[C@](Cc3ccccc3)(c3ccccc3)C2=O)c1. The van der Waals surface area contributed by atoms with Crippen molar-refractivity contribution in [2.45, 2.75) is 30.8 Å². The van der Waals surface area contributed by atoms with E-state index in [4.69, 9.17) is 9.47 Å². The first kappa shape index (κ1) is 23.9. The van der Waals surface area contributed by atoms with Crippen LogP contribution in [0.3, 0.4) is 0 Å². The number of carbonyl (C=O) groups excluding carboxylic acids is 2. The third-order valence-electron chi connectivity index (χ3n) is 7.24. The molecule has 3 aromatic rings. The molecule has 2 saturated heterocycles. The van der Waals surface area contributed by atoms with Crippen LogP contribution in [-0.2, 0) is 16.8 Å². The summed E-state index contributed by atoms with van der Waals surface area (Å²) in [5.74, 6) is 1.29. The molecule has 0 spiro atoms. The Balaban J connectivity index is 1.45. The molecule has 0 bridgehead atoms. The van der Waals surface area contributed by atoms with E-state index in [1.165, 1.54) is 4.90 Å². The maximum atomic E-state index is 14.1. The van der Waals surface area contributed by atoms with Crippen LogP contribution in [0.15, 0.2) is 78.9 Å². The van der Waals surface area contributed by atoms with Crippen LogP contribution in [-0.4, -0.2) is 49.2 Å². The van der Waals surface area contributed by atoms with Crippen LogP contribution in [0.25, 0.3) is 0 Å². The van der Waals surface area contributed by atoms with E-state index >= 15 is 0 Å². The average molecular weight is 486 g/mol. The quantitative estimate of drug-likeness (QED) is 0.476. The molecule has 0 aliphatic carbocycles. The molecule has 3 aromatic carbocycles. The number of nitrogens with one attached hydrogen (secondary N) is 1. The summed E-state index contributed by atoms with van der Waals surface area (Å²) in [4.78, 5) is 31.0. The number of ether oxygens (including phenoxy) is 2. The van der Waals surface area contributed by atoms with Gasteiger partial charge < -0.3 is 14.8 Å². The number of methoxy groups -OCH3 is 2. The predicted molar refractivity (Wildman–Crippen MR) is 137 cm³/mol. The van der Waals surface area contributed by atoms with Gasteiger partial charge in [-0.3, -0.25) is 9.69 Å². The summed E-state index contributed by atoms with van der Waals surface area (Å²) in [7, 11) is 3.29. The lowest BCUT2D eigenvalue weighted by atomic mass is 9.83. The van der Waals surface area contributed by atoms with Gasteiger partial charge in [0.25, 0.3) is 5.91 Å². The predicted octanol–water partition coefficient (Wildman–Crippen LogP) is 4.49. The number of hydrogen-bond donors (Lipinski definition) is 1. The van der Waals surface area contributed by atoms with E-state index in [1.807, 2.05) is 78.9 Å². The van der Waals surface area contributed by atoms with Crippen molar-refractivity contribution in [2.24, 2.45) is 0 Å². The van der Waals surface area contributed by atoms with Gasteiger partial charge in [-0.2, -0.15) is 0 Å². The van der Waals surface area contributed by atoms with Crippen LogP contribution < -0.4 is 14.8 Å². The zero-order chi connectivity index (χ0) is 25.1. The molecule has 2 aliphatic heterocycles. The number of carbonyl (C=O) groups is 2. The second-order valence-corrected chi connectivity index (χ2v) is 9.32. The largest absolute Gasteiger partial charge is 0.497 e. The van der Waals surface area contributed by atoms with Gasteiger partial charge in [0, 0.05) is 24.6 Å². The maximum Gasteiger partial charge on any atom is 0.326 e. The highest BCUT2D eigenvalue weighted by Gasteiger charge is 2.53. The van der Waals surface area contributed by atoms with E-state index in [1.54, 1.807) is 14.2 Å². The van der Waals surface area contributed by atoms with Crippen molar-refractivity contribution < 1.29 is 19.1 Å². The molecule has 5 rings (SSSR count). The fraction of sp³-hybridized carbons (Fsp3) is 0.310. The number of benzene rings is 3. The summed E-state index contributed by atoms with van der Waals surface area (Å²) in [5, 5.41) is 3.07. The lowest BCUT2D eigenvalue weighted by Gasteiger charge is -2.31. The van der Waals surface area contributed by atoms with Gasteiger partial charge in [-0.25, -0.2) is 9.69 Å². The van der Waals surface area contributed by atoms with Crippen LogP contribution in [0.5, 0.6) is 11.5 Å². The van der Waals surface area contributed by atoms with Crippen molar-refractivity contribution in [2.75, 3.05) is 27.4 Å². The molecule has 3 amide bonds. The number of likely N-dealkylation sites (tertiary alicyclic amines) is 1. The minimum atomic E-state index is -1.15. The zero-order valence-electron chi connectivity index (χ0n) is 20.6. The highest BCUT2D eigenvalue weighted by Crippen LogP contribution is 2.40. The minimum Gasteiger partial charge on any atom is -0.497 e. The molecule has 7 nitrogen and oxygen atoms in total. The summed E-state index contributed by atoms with van der Waals surface area (Å²) >= 11 is 0. The van der Waals surface area contributed by atoms with Gasteiger partial charge >= 0.3 is 6.03 Å². The van der Waals surface area contributed by atoms with E-state index in [0.29, 0.717) is 6.42 Å². The van der Waals surface area contributed by atoms with Gasteiger partial charge in [0.2, 0.25) is 0 Å². The molecule has 0 aromatic heterocycles. The molecule has 7 heteroatoms. The first-order valence-electron chi connectivity index (χ1n) is 12.3. The Labute approximate surface area is 211 Å². The van der Waals surface area contributed by atoms with E-state index in [2.05, 4.69) is 10.2 Å². The normalized spacial score (nSPS) is 22.1. The Morgan fingerprint density at radius 1 is 0.944 bits per heavy atom. The third kappa shape index (κ3) is 4.31. The molecule has 1 N–H and O–H groups in total. The summed E-state index contributed by atoms with van der Waals surface area (Å²) in [5.41, 5.74) is 1.61. The average Bonchev–Trinajstić information content (AvgIpc) is 3.48. The first-order valence-corrected chi connectivity index (χ1v) is 12.3. The van der Waals surface area contributed by atoms with Crippen molar-refractivity contribution in [3.8, 4) is 11.5 Å². The number of amides is 3. The second-order valence-electron chi connectivity index (χ2n) is 9.32. The standard InChI is InChI=1S/C29H31N3O4/c1-35-23-15-16-26(36-2)24(18-23)25-14-9-17-31(25)20-32-27(33)29(30-28(32)34,22-12-7-4-8-13-22)19-21-10-5-3-6-11-21/h3-8,10-13,15-16,18,25H,9,14,17,19-20H2,1-2H3,(H,30,34)/t25-,29+/m0/s1. The smallest absolute Gasteiger partial charge is 0.326 e. The van der Waals surface area contributed by atoms with Crippen molar-refractivity contribution in [3.05, 3.63) is 95.6 Å². The Hall–Kier alpha value is -3.84. The van der Waals surface area contributed by atoms with Crippen LogP contribution in [0, 0.1) is 0 Å². The molecule has 2 aliphatic rings. The monoisotopic (exact) mass is 485 g/mol. The van der Waals surface area contributed by atoms with Gasteiger partial charge in [0.05, 0.1) is 20.9 Å². The molecule has 2 atom stereocenters. The van der Waals surface area contributed by atoms with Crippen LogP contribution in [0.4, 0.5) is 4.79 Å². The molecule has 0 radical (unpaired) electrons. The van der Waals surface area contributed by atoms with Crippen LogP contribution in [0.1, 0.15) is 35.6 Å².